The van der Waals surface area contributed by atoms with Gasteiger partial charge in [0.1, 0.15) is 0 Å². The second-order valence-corrected chi connectivity index (χ2v) is 3.56. The van der Waals surface area contributed by atoms with Gasteiger partial charge in [-0.05, 0) is 24.7 Å². The summed E-state index contributed by atoms with van der Waals surface area (Å²) in [5, 5.41) is 0. The highest BCUT2D eigenvalue weighted by atomic mass is 14.7. The van der Waals surface area contributed by atoms with Crippen LogP contribution in [0.1, 0.15) is 33.1 Å². The van der Waals surface area contributed by atoms with Crippen LogP contribution in [0, 0.1) is 11.8 Å². The van der Waals surface area contributed by atoms with Crippen LogP contribution in [0.5, 0.6) is 0 Å². The summed E-state index contributed by atoms with van der Waals surface area (Å²) in [6.45, 7) is 4.56. The summed E-state index contributed by atoms with van der Waals surface area (Å²) in [6.07, 6.45) is 3.96. The molecule has 0 radical (unpaired) electrons. The summed E-state index contributed by atoms with van der Waals surface area (Å²) in [4.78, 5) is 0. The fourth-order valence-corrected chi connectivity index (χ4v) is 1.58. The molecular weight excluding hydrogens is 110 g/mol. The van der Waals surface area contributed by atoms with Crippen LogP contribution in [0.2, 0.25) is 0 Å². The SMILES string of the molecule is C[C@@H]1CC[C@H](C)[C@H](N)C1. The fourth-order valence-electron chi connectivity index (χ4n) is 1.58. The molecule has 0 aromatic rings. The molecular formula is C8H17N. The van der Waals surface area contributed by atoms with Gasteiger partial charge in [0.15, 0.2) is 0 Å². The van der Waals surface area contributed by atoms with E-state index in [9.17, 15) is 0 Å². The third-order valence-corrected chi connectivity index (χ3v) is 2.52. The summed E-state index contributed by atoms with van der Waals surface area (Å²) >= 11 is 0. The monoisotopic (exact) mass is 127 g/mol. The molecule has 0 aromatic heterocycles. The first-order valence-electron chi connectivity index (χ1n) is 3.95. The number of rotatable bonds is 0. The van der Waals surface area contributed by atoms with Crippen molar-refractivity contribution in [3.63, 3.8) is 0 Å². The quantitative estimate of drug-likeness (QED) is 0.527. The Morgan fingerprint density at radius 1 is 1.22 bits per heavy atom. The van der Waals surface area contributed by atoms with E-state index < -0.39 is 0 Å². The molecule has 9 heavy (non-hydrogen) atoms. The van der Waals surface area contributed by atoms with Gasteiger partial charge in [0, 0.05) is 6.04 Å². The van der Waals surface area contributed by atoms with Crippen LogP contribution in [-0.4, -0.2) is 6.04 Å². The molecule has 1 fully saturated rings. The second kappa shape index (κ2) is 2.70. The van der Waals surface area contributed by atoms with Gasteiger partial charge in [-0.2, -0.15) is 0 Å². The molecule has 1 aliphatic rings. The molecule has 2 N–H and O–H groups in total. The molecule has 0 amide bonds. The van der Waals surface area contributed by atoms with Gasteiger partial charge < -0.3 is 5.73 Å². The zero-order valence-corrected chi connectivity index (χ0v) is 6.43. The van der Waals surface area contributed by atoms with Gasteiger partial charge >= 0.3 is 0 Å². The van der Waals surface area contributed by atoms with Crippen LogP contribution in [-0.2, 0) is 0 Å². The van der Waals surface area contributed by atoms with Crippen LogP contribution in [0.3, 0.4) is 0 Å². The first-order chi connectivity index (χ1) is 4.20. The molecule has 0 aromatic carbocycles. The van der Waals surface area contributed by atoms with Crippen molar-refractivity contribution >= 4 is 0 Å². The van der Waals surface area contributed by atoms with Crippen molar-refractivity contribution in [2.75, 3.05) is 0 Å². The summed E-state index contributed by atoms with van der Waals surface area (Å²) in [6, 6.07) is 0.480. The standard InChI is InChI=1S/C8H17N/c1-6-3-4-7(2)8(9)5-6/h6-8H,3-5,9H2,1-2H3/t6-,7+,8-/m1/s1. The van der Waals surface area contributed by atoms with E-state index in [1.54, 1.807) is 0 Å². The normalized spacial score (nSPS) is 45.0. The maximum Gasteiger partial charge on any atom is 0.00670 e. The van der Waals surface area contributed by atoms with Crippen molar-refractivity contribution < 1.29 is 0 Å². The Kier molecular flexibility index (Phi) is 2.12. The number of hydrogen-bond donors (Lipinski definition) is 1. The Bertz CT molecular complexity index is 90.6. The first-order valence-corrected chi connectivity index (χ1v) is 3.95. The number of hydrogen-bond acceptors (Lipinski definition) is 1. The van der Waals surface area contributed by atoms with Crippen LogP contribution in [0.25, 0.3) is 0 Å². The lowest BCUT2D eigenvalue weighted by Crippen LogP contribution is -2.34. The van der Waals surface area contributed by atoms with E-state index in [0.717, 1.165) is 11.8 Å². The highest BCUT2D eigenvalue weighted by Gasteiger charge is 2.21. The van der Waals surface area contributed by atoms with Crippen molar-refractivity contribution in [2.24, 2.45) is 17.6 Å². The van der Waals surface area contributed by atoms with E-state index in [1.807, 2.05) is 0 Å². The molecule has 1 heteroatoms. The largest absolute Gasteiger partial charge is 0.327 e. The van der Waals surface area contributed by atoms with E-state index in [-0.39, 0.29) is 0 Å². The summed E-state index contributed by atoms with van der Waals surface area (Å²) in [7, 11) is 0. The molecule has 0 spiro atoms. The summed E-state index contributed by atoms with van der Waals surface area (Å²) in [5.41, 5.74) is 5.87. The van der Waals surface area contributed by atoms with E-state index in [4.69, 9.17) is 5.73 Å². The van der Waals surface area contributed by atoms with Gasteiger partial charge in [0.05, 0.1) is 0 Å². The van der Waals surface area contributed by atoms with Gasteiger partial charge in [0.25, 0.3) is 0 Å². The lowest BCUT2D eigenvalue weighted by atomic mass is 9.81. The number of nitrogens with two attached hydrogens (primary N) is 1. The third-order valence-electron chi connectivity index (χ3n) is 2.52. The fraction of sp³-hybridized carbons (Fsp3) is 1.00. The van der Waals surface area contributed by atoms with E-state index in [0.29, 0.717) is 6.04 Å². The van der Waals surface area contributed by atoms with Crippen molar-refractivity contribution in [1.82, 2.24) is 0 Å². The highest BCUT2D eigenvalue weighted by Crippen LogP contribution is 2.26. The highest BCUT2D eigenvalue weighted by molar-refractivity contribution is 4.77. The summed E-state index contributed by atoms with van der Waals surface area (Å²) in [5.74, 6) is 1.64. The van der Waals surface area contributed by atoms with Gasteiger partial charge in [-0.1, -0.05) is 20.3 Å². The molecule has 1 aliphatic carbocycles. The van der Waals surface area contributed by atoms with Crippen molar-refractivity contribution in [3.05, 3.63) is 0 Å². The van der Waals surface area contributed by atoms with Crippen LogP contribution in [0.15, 0.2) is 0 Å². The van der Waals surface area contributed by atoms with Crippen molar-refractivity contribution in [1.29, 1.82) is 0 Å². The minimum Gasteiger partial charge on any atom is -0.327 e. The first kappa shape index (κ1) is 7.07. The Labute approximate surface area is 57.6 Å². The zero-order valence-electron chi connectivity index (χ0n) is 6.43. The van der Waals surface area contributed by atoms with Crippen LogP contribution < -0.4 is 5.73 Å². The molecule has 1 nitrogen and oxygen atoms in total. The molecule has 1 saturated carbocycles. The lowest BCUT2D eigenvalue weighted by Gasteiger charge is -2.29. The Balaban J connectivity index is 2.35. The van der Waals surface area contributed by atoms with Gasteiger partial charge in [0.2, 0.25) is 0 Å². The Hall–Kier alpha value is -0.0400. The zero-order chi connectivity index (χ0) is 6.85. The molecule has 3 atom stereocenters. The molecule has 1 rings (SSSR count). The van der Waals surface area contributed by atoms with E-state index in [1.165, 1.54) is 19.3 Å². The van der Waals surface area contributed by atoms with Crippen molar-refractivity contribution in [2.45, 2.75) is 39.2 Å². The average Bonchev–Trinajstić information content (AvgIpc) is 1.80. The minimum absolute atomic E-state index is 0.480. The predicted octanol–water partition coefficient (Wildman–Crippen LogP) is 1.77. The van der Waals surface area contributed by atoms with Gasteiger partial charge in [-0.3, -0.25) is 0 Å². The van der Waals surface area contributed by atoms with E-state index >= 15 is 0 Å². The second-order valence-electron chi connectivity index (χ2n) is 3.56. The molecule has 0 bridgehead atoms. The maximum absolute atomic E-state index is 5.87. The van der Waals surface area contributed by atoms with Crippen LogP contribution >= 0.6 is 0 Å². The van der Waals surface area contributed by atoms with Gasteiger partial charge in [-0.25, -0.2) is 0 Å². The molecule has 0 heterocycles. The molecule has 0 aliphatic heterocycles. The Morgan fingerprint density at radius 2 is 1.89 bits per heavy atom. The van der Waals surface area contributed by atoms with Crippen LogP contribution in [0.4, 0.5) is 0 Å². The average molecular weight is 127 g/mol. The van der Waals surface area contributed by atoms with Gasteiger partial charge in [-0.15, -0.1) is 0 Å². The minimum atomic E-state index is 0.480. The molecule has 0 saturated heterocycles. The van der Waals surface area contributed by atoms with Crippen molar-refractivity contribution in [3.8, 4) is 0 Å². The summed E-state index contributed by atoms with van der Waals surface area (Å²) < 4.78 is 0. The maximum atomic E-state index is 5.87. The Morgan fingerprint density at radius 3 is 2.33 bits per heavy atom. The smallest absolute Gasteiger partial charge is 0.00670 e. The van der Waals surface area contributed by atoms with E-state index in [2.05, 4.69) is 13.8 Å². The predicted molar refractivity (Wildman–Crippen MR) is 40.2 cm³/mol. The lowest BCUT2D eigenvalue weighted by molar-refractivity contribution is 0.266. The molecule has 54 valence electrons. The third kappa shape index (κ3) is 1.68. The topological polar surface area (TPSA) is 26.0 Å². The molecule has 0 unspecified atom stereocenters.